The predicted octanol–water partition coefficient (Wildman–Crippen LogP) is -0.158. The van der Waals surface area contributed by atoms with E-state index in [2.05, 4.69) is 15.1 Å². The molecule has 0 aliphatic carbocycles. The smallest absolute Gasteiger partial charge is 0.257 e. The third-order valence-corrected chi connectivity index (χ3v) is 3.65. The second-order valence-electron chi connectivity index (χ2n) is 4.39. The predicted molar refractivity (Wildman–Crippen MR) is 72.3 cm³/mol. The molecular weight excluding hydrogens is 250 g/mol. The molecule has 1 saturated heterocycles. The van der Waals surface area contributed by atoms with Crippen LogP contribution in [0.4, 0.5) is 0 Å². The van der Waals surface area contributed by atoms with Gasteiger partial charge in [-0.15, -0.1) is 0 Å². The van der Waals surface area contributed by atoms with Crippen LogP contribution in [0, 0.1) is 0 Å². The summed E-state index contributed by atoms with van der Waals surface area (Å²) in [6.45, 7) is 4.97. The van der Waals surface area contributed by atoms with Crippen molar-refractivity contribution in [2.45, 2.75) is 13.0 Å². The normalized spacial score (nSPS) is 18.6. The minimum absolute atomic E-state index is 0.0198. The van der Waals surface area contributed by atoms with E-state index in [0.717, 1.165) is 13.1 Å². The van der Waals surface area contributed by atoms with Crippen molar-refractivity contribution in [1.29, 1.82) is 0 Å². The van der Waals surface area contributed by atoms with Crippen molar-refractivity contribution in [2.24, 2.45) is 5.73 Å². The van der Waals surface area contributed by atoms with Crippen LogP contribution in [0.25, 0.3) is 0 Å². The molecule has 1 unspecified atom stereocenters. The van der Waals surface area contributed by atoms with Crippen LogP contribution in [0.2, 0.25) is 0 Å². The topological polar surface area (TPSA) is 78.2 Å². The van der Waals surface area contributed by atoms with E-state index in [1.54, 1.807) is 12.4 Å². The van der Waals surface area contributed by atoms with Crippen molar-refractivity contribution in [2.75, 3.05) is 26.2 Å². The monoisotopic (exact) mass is 267 g/mol. The molecule has 1 aromatic heterocycles. The number of amides is 1. The van der Waals surface area contributed by atoms with Crippen molar-refractivity contribution in [3.05, 3.63) is 18.0 Å². The van der Waals surface area contributed by atoms with E-state index in [1.807, 2.05) is 11.8 Å². The lowest BCUT2D eigenvalue weighted by molar-refractivity contribution is 0.0622. The molecule has 0 bridgehead atoms. The number of nitrogens with one attached hydrogen (secondary N) is 1. The van der Waals surface area contributed by atoms with E-state index >= 15 is 0 Å². The van der Waals surface area contributed by atoms with Crippen molar-refractivity contribution < 1.29 is 4.79 Å². The summed E-state index contributed by atoms with van der Waals surface area (Å²) in [6, 6.07) is 0.0891. The summed E-state index contributed by atoms with van der Waals surface area (Å²) in [4.78, 5) is 16.6. The minimum atomic E-state index is 0.0198. The molecule has 7 heteroatoms. The van der Waals surface area contributed by atoms with E-state index < -0.39 is 0 Å². The molecule has 1 atom stereocenters. The summed E-state index contributed by atoms with van der Waals surface area (Å²) in [5.41, 5.74) is 6.24. The maximum absolute atomic E-state index is 12.1. The van der Waals surface area contributed by atoms with Crippen LogP contribution >= 0.6 is 12.2 Å². The number of H-pyrrole nitrogens is 1. The third kappa shape index (κ3) is 2.68. The number of hydrogen-bond donors (Lipinski definition) is 2. The maximum atomic E-state index is 12.1. The van der Waals surface area contributed by atoms with Gasteiger partial charge in [0.2, 0.25) is 0 Å². The highest BCUT2D eigenvalue weighted by Gasteiger charge is 2.25. The third-order valence-electron chi connectivity index (χ3n) is 3.31. The Kier molecular flexibility index (Phi) is 3.93. The second kappa shape index (κ2) is 5.45. The zero-order chi connectivity index (χ0) is 13.1. The Morgan fingerprint density at radius 1 is 1.50 bits per heavy atom. The number of piperazine rings is 1. The summed E-state index contributed by atoms with van der Waals surface area (Å²) >= 11 is 4.99. The quantitative estimate of drug-likeness (QED) is 0.744. The molecule has 1 fully saturated rings. The first-order valence-corrected chi connectivity index (χ1v) is 6.32. The van der Waals surface area contributed by atoms with Gasteiger partial charge in [0.25, 0.3) is 5.91 Å². The van der Waals surface area contributed by atoms with Gasteiger partial charge in [0.1, 0.15) is 0 Å². The molecule has 2 rings (SSSR count). The standard InChI is InChI=1S/C11H17N5OS/c1-8(10(12)18)15-2-4-16(5-3-15)11(17)9-6-13-14-7-9/h6-8H,2-5H2,1H3,(H2,12,18)(H,13,14). The zero-order valence-electron chi connectivity index (χ0n) is 10.3. The summed E-state index contributed by atoms with van der Waals surface area (Å²) in [7, 11) is 0. The summed E-state index contributed by atoms with van der Waals surface area (Å²) in [5, 5.41) is 6.44. The SMILES string of the molecule is CC(C(N)=S)N1CCN(C(=O)c2cn[nH]c2)CC1. The molecule has 0 spiro atoms. The zero-order valence-corrected chi connectivity index (χ0v) is 11.1. The van der Waals surface area contributed by atoms with Crippen molar-refractivity contribution in [3.8, 4) is 0 Å². The van der Waals surface area contributed by atoms with Crippen LogP contribution < -0.4 is 5.73 Å². The number of rotatable bonds is 3. The number of aromatic amines is 1. The van der Waals surface area contributed by atoms with Crippen LogP contribution in [0.1, 0.15) is 17.3 Å². The Balaban J connectivity index is 1.91. The maximum Gasteiger partial charge on any atom is 0.257 e. The van der Waals surface area contributed by atoms with E-state index in [0.29, 0.717) is 23.6 Å². The fraction of sp³-hybridized carbons (Fsp3) is 0.545. The van der Waals surface area contributed by atoms with E-state index in [4.69, 9.17) is 18.0 Å². The van der Waals surface area contributed by atoms with Crippen molar-refractivity contribution in [1.82, 2.24) is 20.0 Å². The molecule has 1 aliphatic heterocycles. The van der Waals surface area contributed by atoms with Gasteiger partial charge in [-0.3, -0.25) is 14.8 Å². The van der Waals surface area contributed by atoms with E-state index in [9.17, 15) is 4.79 Å². The summed E-state index contributed by atoms with van der Waals surface area (Å²) < 4.78 is 0. The van der Waals surface area contributed by atoms with Crippen LogP contribution in [-0.4, -0.2) is 63.1 Å². The molecule has 0 radical (unpaired) electrons. The molecule has 1 amide bonds. The Labute approximate surface area is 111 Å². The number of hydrogen-bond acceptors (Lipinski definition) is 4. The van der Waals surface area contributed by atoms with Gasteiger partial charge >= 0.3 is 0 Å². The molecule has 2 heterocycles. The molecule has 3 N–H and O–H groups in total. The lowest BCUT2D eigenvalue weighted by Gasteiger charge is -2.37. The Bertz CT molecular complexity index is 425. The summed E-state index contributed by atoms with van der Waals surface area (Å²) in [6.07, 6.45) is 3.17. The number of aromatic nitrogens is 2. The molecule has 0 aromatic carbocycles. The number of nitrogens with zero attached hydrogens (tertiary/aromatic N) is 3. The highest BCUT2D eigenvalue weighted by Crippen LogP contribution is 2.10. The highest BCUT2D eigenvalue weighted by atomic mass is 32.1. The van der Waals surface area contributed by atoms with E-state index in [-0.39, 0.29) is 11.9 Å². The first-order valence-electron chi connectivity index (χ1n) is 5.91. The largest absolute Gasteiger partial charge is 0.392 e. The molecular formula is C11H17N5OS. The highest BCUT2D eigenvalue weighted by molar-refractivity contribution is 7.80. The Morgan fingerprint density at radius 3 is 2.67 bits per heavy atom. The van der Waals surface area contributed by atoms with Gasteiger partial charge in [-0.2, -0.15) is 5.10 Å². The lowest BCUT2D eigenvalue weighted by atomic mass is 10.2. The first kappa shape index (κ1) is 13.0. The average Bonchev–Trinajstić information content (AvgIpc) is 2.91. The van der Waals surface area contributed by atoms with Gasteiger partial charge in [0.05, 0.1) is 22.8 Å². The van der Waals surface area contributed by atoms with Crippen LogP contribution in [0.15, 0.2) is 12.4 Å². The Hall–Kier alpha value is -1.47. The Morgan fingerprint density at radius 2 is 2.17 bits per heavy atom. The van der Waals surface area contributed by atoms with Gasteiger partial charge in [0.15, 0.2) is 0 Å². The molecule has 6 nitrogen and oxygen atoms in total. The minimum Gasteiger partial charge on any atom is -0.392 e. The fourth-order valence-corrected chi connectivity index (χ4v) is 2.19. The average molecular weight is 267 g/mol. The summed E-state index contributed by atoms with van der Waals surface area (Å²) in [5.74, 6) is 0.0198. The van der Waals surface area contributed by atoms with Gasteiger partial charge in [-0.05, 0) is 6.92 Å². The van der Waals surface area contributed by atoms with Gasteiger partial charge in [0, 0.05) is 32.4 Å². The molecule has 98 valence electrons. The van der Waals surface area contributed by atoms with Crippen LogP contribution in [0.3, 0.4) is 0 Å². The van der Waals surface area contributed by atoms with Crippen molar-refractivity contribution >= 4 is 23.1 Å². The van der Waals surface area contributed by atoms with Gasteiger partial charge in [-0.25, -0.2) is 0 Å². The molecule has 0 saturated carbocycles. The van der Waals surface area contributed by atoms with Crippen molar-refractivity contribution in [3.63, 3.8) is 0 Å². The first-order chi connectivity index (χ1) is 8.59. The fourth-order valence-electron chi connectivity index (χ4n) is 2.04. The van der Waals surface area contributed by atoms with E-state index in [1.165, 1.54) is 0 Å². The van der Waals surface area contributed by atoms with Gasteiger partial charge in [-0.1, -0.05) is 12.2 Å². The number of carbonyl (C=O) groups is 1. The number of carbonyl (C=O) groups excluding carboxylic acids is 1. The van der Waals surface area contributed by atoms with Crippen LogP contribution in [0.5, 0.6) is 0 Å². The number of nitrogens with two attached hydrogens (primary N) is 1. The second-order valence-corrected chi connectivity index (χ2v) is 4.86. The molecule has 18 heavy (non-hydrogen) atoms. The molecule has 1 aliphatic rings. The van der Waals surface area contributed by atoms with Gasteiger partial charge < -0.3 is 10.6 Å². The lowest BCUT2D eigenvalue weighted by Crippen LogP contribution is -2.53. The number of thiocarbonyl (C=S) groups is 1. The molecule has 1 aromatic rings. The van der Waals surface area contributed by atoms with Crippen LogP contribution in [-0.2, 0) is 0 Å².